The van der Waals surface area contributed by atoms with Gasteiger partial charge in [-0.15, -0.1) is 0 Å². The summed E-state index contributed by atoms with van der Waals surface area (Å²) >= 11 is 0. The van der Waals surface area contributed by atoms with Crippen molar-refractivity contribution in [3.8, 4) is 0 Å². The van der Waals surface area contributed by atoms with Gasteiger partial charge in [0.1, 0.15) is 10.6 Å². The fourth-order valence-corrected chi connectivity index (χ4v) is 4.40. The van der Waals surface area contributed by atoms with Crippen molar-refractivity contribution in [2.24, 2.45) is 7.05 Å². The number of ketones is 1. The predicted molar refractivity (Wildman–Crippen MR) is 94.4 cm³/mol. The van der Waals surface area contributed by atoms with Gasteiger partial charge < -0.3 is 0 Å². The number of hydrogen-bond acceptors (Lipinski definition) is 4. The van der Waals surface area contributed by atoms with Crippen molar-refractivity contribution < 1.29 is 13.2 Å². The lowest BCUT2D eigenvalue weighted by Crippen LogP contribution is -2.16. The van der Waals surface area contributed by atoms with Crippen LogP contribution in [0.1, 0.15) is 52.3 Å². The summed E-state index contributed by atoms with van der Waals surface area (Å²) in [4.78, 5) is 13.3. The van der Waals surface area contributed by atoms with Gasteiger partial charge in [-0.1, -0.05) is 31.5 Å². The molecule has 0 aliphatic carbocycles. The van der Waals surface area contributed by atoms with Gasteiger partial charge in [-0.25, -0.2) is 8.42 Å². The van der Waals surface area contributed by atoms with Gasteiger partial charge in [0.2, 0.25) is 5.78 Å². The van der Waals surface area contributed by atoms with Crippen LogP contribution in [-0.2, 0) is 29.7 Å². The van der Waals surface area contributed by atoms with E-state index in [2.05, 4.69) is 5.10 Å². The minimum atomic E-state index is -3.55. The van der Waals surface area contributed by atoms with Gasteiger partial charge in [0, 0.05) is 18.9 Å². The number of hydrogen-bond donors (Lipinski definition) is 0. The van der Waals surface area contributed by atoms with Crippen molar-refractivity contribution in [1.29, 1.82) is 0 Å². The molecule has 130 valence electrons. The molecule has 1 heterocycles. The second-order valence-corrected chi connectivity index (χ2v) is 8.11. The van der Waals surface area contributed by atoms with Gasteiger partial charge >= 0.3 is 0 Å². The number of aryl methyl sites for hydroxylation is 5. The standard InChI is InChI=1S/C18H24N2O3S/c1-7-13-9-11(3)10-14(8-2)15(13)17(21)16-18(24(6,22)23)12(4)19-20(16)5/h9-10H,7-8H2,1-6H3. The zero-order chi connectivity index (χ0) is 18.2. The lowest BCUT2D eigenvalue weighted by Gasteiger charge is -2.14. The highest BCUT2D eigenvalue weighted by atomic mass is 32.2. The zero-order valence-electron chi connectivity index (χ0n) is 15.1. The summed E-state index contributed by atoms with van der Waals surface area (Å²) in [5.41, 5.74) is 4.09. The van der Waals surface area contributed by atoms with E-state index in [9.17, 15) is 13.2 Å². The highest BCUT2D eigenvalue weighted by molar-refractivity contribution is 7.90. The maximum absolute atomic E-state index is 13.3. The Kier molecular flexibility index (Phi) is 4.99. The summed E-state index contributed by atoms with van der Waals surface area (Å²) in [6.45, 7) is 7.61. The Hall–Kier alpha value is -1.95. The first-order chi connectivity index (χ1) is 11.1. The Balaban J connectivity index is 2.81. The van der Waals surface area contributed by atoms with Crippen LogP contribution in [0.3, 0.4) is 0 Å². The predicted octanol–water partition coefficient (Wildman–Crippen LogP) is 2.80. The van der Waals surface area contributed by atoms with Crippen molar-refractivity contribution in [1.82, 2.24) is 9.78 Å². The average molecular weight is 348 g/mol. The van der Waals surface area contributed by atoms with Gasteiger partial charge in [-0.3, -0.25) is 9.48 Å². The first-order valence-electron chi connectivity index (χ1n) is 8.02. The van der Waals surface area contributed by atoms with Crippen LogP contribution < -0.4 is 0 Å². The van der Waals surface area contributed by atoms with E-state index in [1.54, 1.807) is 14.0 Å². The van der Waals surface area contributed by atoms with E-state index in [0.29, 0.717) is 24.1 Å². The van der Waals surface area contributed by atoms with E-state index < -0.39 is 9.84 Å². The lowest BCUT2D eigenvalue weighted by molar-refractivity contribution is 0.102. The molecule has 6 heteroatoms. The highest BCUT2D eigenvalue weighted by Gasteiger charge is 2.29. The minimum absolute atomic E-state index is 0.0275. The molecule has 2 aromatic rings. The van der Waals surface area contributed by atoms with E-state index in [-0.39, 0.29) is 16.4 Å². The minimum Gasteiger partial charge on any atom is -0.287 e. The third kappa shape index (κ3) is 3.15. The second-order valence-electron chi connectivity index (χ2n) is 6.15. The van der Waals surface area contributed by atoms with Gasteiger partial charge in [-0.05, 0) is 37.8 Å². The highest BCUT2D eigenvalue weighted by Crippen LogP contribution is 2.27. The van der Waals surface area contributed by atoms with Crippen molar-refractivity contribution in [3.63, 3.8) is 0 Å². The summed E-state index contributed by atoms with van der Waals surface area (Å²) < 4.78 is 25.7. The third-order valence-electron chi connectivity index (χ3n) is 4.19. The summed E-state index contributed by atoms with van der Waals surface area (Å²) in [6, 6.07) is 3.99. The molecule has 5 nitrogen and oxygen atoms in total. The fourth-order valence-electron chi connectivity index (χ4n) is 3.24. The summed E-state index contributed by atoms with van der Waals surface area (Å²) in [6.07, 6.45) is 2.53. The van der Waals surface area contributed by atoms with Gasteiger partial charge in [0.25, 0.3) is 0 Å². The SMILES string of the molecule is CCc1cc(C)cc(CC)c1C(=O)c1c(S(C)(=O)=O)c(C)nn1C. The fraction of sp³-hybridized carbons (Fsp3) is 0.444. The molecule has 0 saturated carbocycles. The van der Waals surface area contributed by atoms with Crippen LogP contribution in [0.5, 0.6) is 0 Å². The van der Waals surface area contributed by atoms with Crippen LogP contribution in [0.2, 0.25) is 0 Å². The van der Waals surface area contributed by atoms with Crippen molar-refractivity contribution in [3.05, 3.63) is 45.8 Å². The maximum Gasteiger partial charge on any atom is 0.212 e. The Morgan fingerprint density at radius 1 is 1.12 bits per heavy atom. The molecule has 0 aliphatic heterocycles. The smallest absolute Gasteiger partial charge is 0.212 e. The van der Waals surface area contributed by atoms with Crippen LogP contribution >= 0.6 is 0 Å². The number of sulfone groups is 1. The number of carbonyl (C=O) groups is 1. The first-order valence-corrected chi connectivity index (χ1v) is 9.91. The van der Waals surface area contributed by atoms with E-state index in [1.165, 1.54) is 4.68 Å². The molecule has 0 amide bonds. The monoisotopic (exact) mass is 348 g/mol. The number of rotatable bonds is 5. The number of aromatic nitrogens is 2. The molecule has 1 aromatic heterocycles. The molecule has 0 saturated heterocycles. The van der Waals surface area contributed by atoms with Crippen LogP contribution in [0, 0.1) is 13.8 Å². The molecule has 1 aromatic carbocycles. The lowest BCUT2D eigenvalue weighted by atomic mass is 9.91. The van der Waals surface area contributed by atoms with E-state index in [1.807, 2.05) is 32.9 Å². The summed E-state index contributed by atoms with van der Waals surface area (Å²) in [5.74, 6) is -0.271. The molecule has 0 atom stereocenters. The average Bonchev–Trinajstić information content (AvgIpc) is 2.79. The topological polar surface area (TPSA) is 69.0 Å². The van der Waals surface area contributed by atoms with Crippen molar-refractivity contribution in [2.75, 3.05) is 6.26 Å². The molecule has 0 aliphatic rings. The molecule has 24 heavy (non-hydrogen) atoms. The molecule has 0 spiro atoms. The third-order valence-corrected chi connectivity index (χ3v) is 5.42. The summed E-state index contributed by atoms with van der Waals surface area (Å²) in [7, 11) is -1.94. The van der Waals surface area contributed by atoms with Crippen LogP contribution in [0.25, 0.3) is 0 Å². The van der Waals surface area contributed by atoms with Crippen molar-refractivity contribution in [2.45, 2.75) is 45.4 Å². The normalized spacial score (nSPS) is 11.8. The van der Waals surface area contributed by atoms with E-state index in [4.69, 9.17) is 0 Å². The molecule has 2 rings (SSSR count). The van der Waals surface area contributed by atoms with E-state index in [0.717, 1.165) is 22.9 Å². The van der Waals surface area contributed by atoms with Crippen molar-refractivity contribution >= 4 is 15.6 Å². The van der Waals surface area contributed by atoms with Gasteiger partial charge in [0.15, 0.2) is 9.84 Å². The number of carbonyl (C=O) groups excluding carboxylic acids is 1. The maximum atomic E-state index is 13.3. The second kappa shape index (κ2) is 6.51. The molecule has 0 fully saturated rings. The number of benzene rings is 1. The Bertz CT molecular complexity index is 884. The zero-order valence-corrected chi connectivity index (χ0v) is 15.9. The largest absolute Gasteiger partial charge is 0.287 e. The quantitative estimate of drug-likeness (QED) is 0.779. The summed E-state index contributed by atoms with van der Waals surface area (Å²) in [5, 5.41) is 4.17. The molecule has 0 N–H and O–H groups in total. The van der Waals surface area contributed by atoms with E-state index >= 15 is 0 Å². The van der Waals surface area contributed by atoms with Crippen LogP contribution in [0.15, 0.2) is 17.0 Å². The molecule has 0 radical (unpaired) electrons. The van der Waals surface area contributed by atoms with Gasteiger partial charge in [0.05, 0.1) is 5.69 Å². The van der Waals surface area contributed by atoms with Gasteiger partial charge in [-0.2, -0.15) is 5.10 Å². The van der Waals surface area contributed by atoms with Crippen LogP contribution in [-0.4, -0.2) is 30.2 Å². The Labute approximate surface area is 143 Å². The van der Waals surface area contributed by atoms with Crippen LogP contribution in [0.4, 0.5) is 0 Å². The first kappa shape index (κ1) is 18.4. The molecular formula is C18H24N2O3S. The Morgan fingerprint density at radius 2 is 1.62 bits per heavy atom. The molecule has 0 bridgehead atoms. The Morgan fingerprint density at radius 3 is 2.04 bits per heavy atom. The number of nitrogens with zero attached hydrogens (tertiary/aromatic N) is 2. The molecular weight excluding hydrogens is 324 g/mol. The molecule has 0 unspecified atom stereocenters.